The molecule has 3 aromatic rings. The van der Waals surface area contributed by atoms with E-state index in [1.54, 1.807) is 0 Å². The zero-order chi connectivity index (χ0) is 30.5. The first kappa shape index (κ1) is 30.1. The van der Waals surface area contributed by atoms with Crippen LogP contribution in [0.3, 0.4) is 0 Å². The molecule has 0 radical (unpaired) electrons. The predicted molar refractivity (Wildman–Crippen MR) is 180 cm³/mol. The second-order valence-corrected chi connectivity index (χ2v) is 11.6. The summed E-state index contributed by atoms with van der Waals surface area (Å²) in [6.45, 7) is 9.87. The number of fused-ring (bicyclic) bond motifs is 2. The van der Waals surface area contributed by atoms with E-state index >= 15 is 0 Å². The number of hydrogen-bond acceptors (Lipinski definition) is 6. The van der Waals surface area contributed by atoms with Crippen LogP contribution in [0.15, 0.2) is 88.2 Å². The molecule has 1 aliphatic heterocycles. The number of thioether (sulfide) groups is 1. The zero-order valence-corrected chi connectivity index (χ0v) is 26.4. The van der Waals surface area contributed by atoms with Gasteiger partial charge in [0.15, 0.2) is 0 Å². The van der Waals surface area contributed by atoms with Gasteiger partial charge in [-0.05, 0) is 87.0 Å². The molecule has 2 aliphatic rings. The minimum absolute atomic E-state index is 0.258. The lowest BCUT2D eigenvalue weighted by Gasteiger charge is -2.25. The average molecular weight is 592 g/mol. The summed E-state index contributed by atoms with van der Waals surface area (Å²) in [6.07, 6.45) is 0.891. The molecule has 0 unspecified atom stereocenters. The Balaban J connectivity index is 1.59. The molecule has 0 atom stereocenters. The van der Waals surface area contributed by atoms with E-state index < -0.39 is 0 Å². The Morgan fingerprint density at radius 3 is 2.14 bits per heavy atom. The topological polar surface area (TPSA) is 66.7 Å². The van der Waals surface area contributed by atoms with E-state index in [4.69, 9.17) is 9.68 Å². The van der Waals surface area contributed by atoms with Crippen LogP contribution in [0.1, 0.15) is 26.3 Å². The lowest BCUT2D eigenvalue weighted by Crippen LogP contribution is -2.25. The molecule has 0 fully saturated rings. The Kier molecular flexibility index (Phi) is 9.27. The van der Waals surface area contributed by atoms with E-state index in [2.05, 4.69) is 95.1 Å². The number of thiocyanates is 1. The quantitative estimate of drug-likeness (QED) is 0.0789. The maximum Gasteiger partial charge on any atom is 0.203 e. The smallest absolute Gasteiger partial charge is 0.203 e. The summed E-state index contributed by atoms with van der Waals surface area (Å²) in [5.74, 6) is 1.03. The summed E-state index contributed by atoms with van der Waals surface area (Å²) >= 11 is 1.18. The van der Waals surface area contributed by atoms with Crippen molar-refractivity contribution in [3.8, 4) is 33.6 Å². The molecule has 5 rings (SSSR count). The van der Waals surface area contributed by atoms with Crippen molar-refractivity contribution in [1.29, 1.82) is 5.26 Å². The Morgan fingerprint density at radius 1 is 0.814 bits per heavy atom. The van der Waals surface area contributed by atoms with Gasteiger partial charge in [-0.15, -0.1) is 0 Å². The van der Waals surface area contributed by atoms with Crippen molar-refractivity contribution in [2.24, 2.45) is 0 Å². The van der Waals surface area contributed by atoms with Crippen LogP contribution in [0.25, 0.3) is 33.4 Å². The van der Waals surface area contributed by atoms with Gasteiger partial charge in [-0.25, -0.2) is 4.58 Å². The van der Waals surface area contributed by atoms with Gasteiger partial charge in [0.1, 0.15) is 36.6 Å². The molecule has 7 heteroatoms. The Morgan fingerprint density at radius 2 is 1.49 bits per heavy atom. The standard InChI is InChI=1S/C36H38N4O2S/c1-6-39(7-2)27-12-16-30(33(41)21-27)36-31-17-11-26(38(4)5)22-34(31)42-35-23-28(13-18-32(35)36)40(8-3)20-19-25-9-14-29(15-10-25)43-24-37/h9-18,21-23H,6-8,19-20H2,1-5H3/p+1. The molecule has 0 saturated carbocycles. The molecule has 1 heterocycles. The number of rotatable bonds is 10. The van der Waals surface area contributed by atoms with Crippen LogP contribution in [-0.4, -0.2) is 45.4 Å². The first-order valence-electron chi connectivity index (χ1n) is 14.9. The van der Waals surface area contributed by atoms with Gasteiger partial charge in [0.05, 0.1) is 6.07 Å². The molecule has 6 nitrogen and oxygen atoms in total. The Hall–Kier alpha value is -4.41. The summed E-state index contributed by atoms with van der Waals surface area (Å²) in [5.41, 5.74) is 6.83. The first-order valence-corrected chi connectivity index (χ1v) is 15.7. The number of phenolic OH excluding ortho intramolecular Hbond substituents is 1. The number of benzene rings is 4. The number of nitriles is 1. The highest BCUT2D eigenvalue weighted by Crippen LogP contribution is 2.44. The highest BCUT2D eigenvalue weighted by Gasteiger charge is 2.21. The van der Waals surface area contributed by atoms with E-state index in [-0.39, 0.29) is 5.75 Å². The molecular weight excluding hydrogens is 552 g/mol. The fourth-order valence-corrected chi connectivity index (χ4v) is 6.04. The molecule has 0 saturated heterocycles. The number of hydrogen-bond donors (Lipinski definition) is 1. The van der Waals surface area contributed by atoms with Gasteiger partial charge >= 0.3 is 0 Å². The highest BCUT2D eigenvalue weighted by atomic mass is 32.2. The maximum absolute atomic E-state index is 11.4. The summed E-state index contributed by atoms with van der Waals surface area (Å²) in [6, 6.07) is 26.9. The second-order valence-electron chi connectivity index (χ2n) is 10.8. The molecule has 1 N–H and O–H groups in total. The van der Waals surface area contributed by atoms with Crippen LogP contribution in [-0.2, 0) is 6.42 Å². The molecule has 0 bridgehead atoms. The van der Waals surface area contributed by atoms with Crippen molar-refractivity contribution in [3.63, 3.8) is 0 Å². The number of aromatic hydroxyl groups is 1. The average Bonchev–Trinajstić information content (AvgIpc) is 3.01. The van der Waals surface area contributed by atoms with Gasteiger partial charge in [0.2, 0.25) is 5.36 Å². The highest BCUT2D eigenvalue weighted by molar-refractivity contribution is 8.03. The van der Waals surface area contributed by atoms with Gasteiger partial charge in [-0.2, -0.15) is 5.26 Å². The summed E-state index contributed by atoms with van der Waals surface area (Å²) in [5, 5.41) is 24.4. The molecule has 220 valence electrons. The van der Waals surface area contributed by atoms with Crippen molar-refractivity contribution in [2.75, 3.05) is 50.1 Å². The van der Waals surface area contributed by atoms with Crippen molar-refractivity contribution >= 4 is 34.1 Å². The largest absolute Gasteiger partial charge is 0.507 e. The van der Waals surface area contributed by atoms with Crippen LogP contribution in [0.4, 0.5) is 11.4 Å². The summed E-state index contributed by atoms with van der Waals surface area (Å²) < 4.78 is 8.66. The van der Waals surface area contributed by atoms with Crippen molar-refractivity contribution < 1.29 is 9.52 Å². The van der Waals surface area contributed by atoms with E-state index in [1.807, 2.05) is 38.4 Å². The first-order chi connectivity index (χ1) is 20.9. The molecule has 0 aromatic heterocycles. The minimum Gasteiger partial charge on any atom is -0.507 e. The monoisotopic (exact) mass is 591 g/mol. The van der Waals surface area contributed by atoms with Crippen LogP contribution >= 0.6 is 11.8 Å². The van der Waals surface area contributed by atoms with Crippen LogP contribution < -0.4 is 19.7 Å². The van der Waals surface area contributed by atoms with E-state index in [0.29, 0.717) is 0 Å². The van der Waals surface area contributed by atoms with Gasteiger partial charge in [0, 0.05) is 82.7 Å². The van der Waals surface area contributed by atoms with Gasteiger partial charge < -0.3 is 19.3 Å². The number of nitrogens with zero attached hydrogens (tertiary/aromatic N) is 4. The molecule has 3 aromatic carbocycles. The Labute approximate surface area is 258 Å². The maximum atomic E-state index is 11.4. The van der Waals surface area contributed by atoms with Crippen molar-refractivity contribution in [3.05, 3.63) is 89.8 Å². The SMILES string of the molecule is CCN(CC)c1ccc(-c2c3ccc(=[N+](C)C)cc-3oc3cc(N(CC)CCc4ccc(SC#N)cc4)ccc23)c(O)c1. The molecule has 0 spiro atoms. The van der Waals surface area contributed by atoms with Crippen molar-refractivity contribution in [2.45, 2.75) is 32.1 Å². The van der Waals surface area contributed by atoms with E-state index in [1.165, 1.54) is 17.3 Å². The van der Waals surface area contributed by atoms with Crippen LogP contribution in [0.5, 0.6) is 5.75 Å². The van der Waals surface area contributed by atoms with E-state index in [9.17, 15) is 5.11 Å². The molecule has 1 aliphatic carbocycles. The fourth-order valence-electron chi connectivity index (χ4n) is 5.66. The number of likely N-dealkylation sites (N-methyl/N-ethyl adjacent to an activating group) is 1. The third-order valence-corrected chi connectivity index (χ3v) is 8.69. The zero-order valence-electron chi connectivity index (χ0n) is 25.6. The third kappa shape index (κ3) is 6.35. The van der Waals surface area contributed by atoms with Crippen LogP contribution in [0.2, 0.25) is 0 Å². The molecule has 0 amide bonds. The fraction of sp³-hybridized carbons (Fsp3) is 0.278. The second kappa shape index (κ2) is 13.3. The van der Waals surface area contributed by atoms with Gasteiger partial charge in [0.25, 0.3) is 0 Å². The predicted octanol–water partition coefficient (Wildman–Crippen LogP) is 7.43. The lowest BCUT2D eigenvalue weighted by molar-refractivity contribution is 0.477. The molecular formula is C36H39N4O2S+. The number of phenols is 1. The number of anilines is 2. The van der Waals surface area contributed by atoms with Gasteiger partial charge in [-0.1, -0.05) is 12.1 Å². The minimum atomic E-state index is 0.258. The van der Waals surface area contributed by atoms with Gasteiger partial charge in [-0.3, -0.25) is 0 Å². The summed E-state index contributed by atoms with van der Waals surface area (Å²) in [7, 11) is 4.04. The molecule has 43 heavy (non-hydrogen) atoms. The lowest BCUT2D eigenvalue weighted by atomic mass is 9.92. The van der Waals surface area contributed by atoms with Crippen LogP contribution in [0, 0.1) is 10.7 Å². The van der Waals surface area contributed by atoms with E-state index in [0.717, 1.165) is 87.6 Å². The normalized spacial score (nSPS) is 11.1. The summed E-state index contributed by atoms with van der Waals surface area (Å²) in [4.78, 5) is 5.54. The Bertz CT molecular complexity index is 1810. The van der Waals surface area contributed by atoms with Crippen molar-refractivity contribution in [1.82, 2.24) is 4.58 Å². The third-order valence-electron chi connectivity index (χ3n) is 8.09.